The zero-order chi connectivity index (χ0) is 23.6. The number of ketones is 1. The van der Waals surface area contributed by atoms with E-state index in [0.717, 1.165) is 38.5 Å². The molecule has 0 aliphatic carbocycles. The highest BCUT2D eigenvalue weighted by atomic mass is 16.5. The van der Waals surface area contributed by atoms with Gasteiger partial charge in [-0.2, -0.15) is 0 Å². The van der Waals surface area contributed by atoms with Crippen molar-refractivity contribution in [3.63, 3.8) is 0 Å². The third-order valence-corrected chi connectivity index (χ3v) is 5.33. The molecule has 0 aromatic carbocycles. The minimum atomic E-state index is -0.705. The molecule has 1 atom stereocenters. The van der Waals surface area contributed by atoms with Crippen LogP contribution in [0.5, 0.6) is 0 Å². The molecule has 0 radical (unpaired) electrons. The van der Waals surface area contributed by atoms with Crippen molar-refractivity contribution in [2.75, 3.05) is 7.11 Å². The van der Waals surface area contributed by atoms with Crippen molar-refractivity contribution < 1.29 is 14.3 Å². The van der Waals surface area contributed by atoms with E-state index >= 15 is 0 Å². The molecule has 174 valence electrons. The van der Waals surface area contributed by atoms with Gasteiger partial charge in [-0.1, -0.05) is 52.7 Å². The quantitative estimate of drug-likeness (QED) is 0.143. The largest absolute Gasteiger partial charge is 0.468 e. The van der Waals surface area contributed by atoms with Crippen molar-refractivity contribution in [1.29, 1.82) is 0 Å². The molecule has 31 heavy (non-hydrogen) atoms. The maximum atomic E-state index is 12.3. The Labute approximate surface area is 191 Å². The number of Topliss-reactive ketones (excluding diaryl/α,β-unsaturated/α-hetero) is 1. The number of carbonyl (C=O) groups is 2. The highest BCUT2D eigenvalue weighted by molar-refractivity contribution is 5.99. The number of esters is 1. The molecule has 0 N–H and O–H groups in total. The van der Waals surface area contributed by atoms with Gasteiger partial charge in [-0.3, -0.25) is 9.59 Å². The fourth-order valence-corrected chi connectivity index (χ4v) is 3.23. The number of carbonyl (C=O) groups excluding carboxylic acids is 2. The first-order valence-electron chi connectivity index (χ1n) is 11.5. The monoisotopic (exact) mass is 428 g/mol. The average molecular weight is 429 g/mol. The molecule has 3 heteroatoms. The van der Waals surface area contributed by atoms with Gasteiger partial charge < -0.3 is 4.74 Å². The first kappa shape index (κ1) is 28.8. The predicted molar refractivity (Wildman–Crippen MR) is 133 cm³/mol. The van der Waals surface area contributed by atoms with Crippen molar-refractivity contribution in [3.05, 3.63) is 59.3 Å². The summed E-state index contributed by atoms with van der Waals surface area (Å²) in [4.78, 5) is 24.2. The summed E-state index contributed by atoms with van der Waals surface area (Å²) in [5, 5.41) is 0. The van der Waals surface area contributed by atoms with Crippen LogP contribution in [0.4, 0.5) is 0 Å². The Morgan fingerprint density at radius 3 is 1.68 bits per heavy atom. The van der Waals surface area contributed by atoms with Gasteiger partial charge in [0, 0.05) is 6.42 Å². The molecule has 0 aromatic rings. The standard InChI is InChI=1S/C28H44O3/c1-8-9-19-27(29)26(28(30)31-7)21-20-25(6)18-12-17-24(5)16-11-15-23(4)14-10-13-22(2)3/h8,13,15,17,20,26H,1,9-12,14,16,18-19,21H2,2-7H3/b23-15+,24-17+,25-20+. The van der Waals surface area contributed by atoms with Crippen LogP contribution in [-0.4, -0.2) is 18.9 Å². The molecule has 0 aliphatic rings. The molecule has 0 spiro atoms. The summed E-state index contributed by atoms with van der Waals surface area (Å²) in [5.41, 5.74) is 5.46. The van der Waals surface area contributed by atoms with Crippen molar-refractivity contribution >= 4 is 11.8 Å². The van der Waals surface area contributed by atoms with E-state index in [2.05, 4.69) is 59.4 Å². The summed E-state index contributed by atoms with van der Waals surface area (Å²) in [5.74, 6) is -1.22. The van der Waals surface area contributed by atoms with Gasteiger partial charge >= 0.3 is 5.97 Å². The molecule has 1 unspecified atom stereocenters. The number of methoxy groups -OCH3 is 1. The zero-order valence-corrected chi connectivity index (χ0v) is 20.8. The Balaban J connectivity index is 4.47. The summed E-state index contributed by atoms with van der Waals surface area (Å²) in [6, 6.07) is 0. The fraction of sp³-hybridized carbons (Fsp3) is 0.571. The first-order chi connectivity index (χ1) is 14.7. The number of ether oxygens (including phenoxy) is 1. The molecule has 0 aliphatic heterocycles. The second-order valence-electron chi connectivity index (χ2n) is 8.65. The van der Waals surface area contributed by atoms with E-state index in [1.54, 1.807) is 6.08 Å². The van der Waals surface area contributed by atoms with Gasteiger partial charge in [0.25, 0.3) is 0 Å². The molecule has 3 nitrogen and oxygen atoms in total. The Morgan fingerprint density at radius 2 is 1.23 bits per heavy atom. The Hall–Kier alpha value is -2.16. The minimum Gasteiger partial charge on any atom is -0.468 e. The maximum Gasteiger partial charge on any atom is 0.316 e. The predicted octanol–water partition coefficient (Wildman–Crippen LogP) is 7.85. The van der Waals surface area contributed by atoms with E-state index < -0.39 is 11.9 Å². The van der Waals surface area contributed by atoms with E-state index in [1.165, 1.54) is 29.4 Å². The maximum absolute atomic E-state index is 12.3. The van der Waals surface area contributed by atoms with Crippen LogP contribution in [0.3, 0.4) is 0 Å². The molecule has 0 bridgehead atoms. The second-order valence-corrected chi connectivity index (χ2v) is 8.65. The van der Waals surface area contributed by atoms with Crippen LogP contribution in [0.2, 0.25) is 0 Å². The molecular weight excluding hydrogens is 384 g/mol. The summed E-state index contributed by atoms with van der Waals surface area (Å²) >= 11 is 0. The van der Waals surface area contributed by atoms with E-state index in [1.807, 2.05) is 6.08 Å². The van der Waals surface area contributed by atoms with E-state index in [4.69, 9.17) is 4.74 Å². The summed E-state index contributed by atoms with van der Waals surface area (Å²) in [6.07, 6.45) is 18.3. The highest BCUT2D eigenvalue weighted by Gasteiger charge is 2.25. The zero-order valence-electron chi connectivity index (χ0n) is 20.8. The summed E-state index contributed by atoms with van der Waals surface area (Å²) in [6.45, 7) is 14.4. The molecule has 0 saturated carbocycles. The lowest BCUT2D eigenvalue weighted by Gasteiger charge is -2.11. The lowest BCUT2D eigenvalue weighted by Crippen LogP contribution is -2.24. The fourth-order valence-electron chi connectivity index (χ4n) is 3.23. The van der Waals surface area contributed by atoms with Gasteiger partial charge in [0.15, 0.2) is 0 Å². The third kappa shape index (κ3) is 15.3. The van der Waals surface area contributed by atoms with Crippen molar-refractivity contribution in [1.82, 2.24) is 0 Å². The SMILES string of the molecule is C=CCCC(=O)C(C/C=C(\C)CC/C=C(\C)CC/C=C(\C)CCC=C(C)C)C(=O)OC. The van der Waals surface area contributed by atoms with Crippen LogP contribution in [0.15, 0.2) is 59.3 Å². The van der Waals surface area contributed by atoms with Gasteiger partial charge in [-0.05, 0) is 86.0 Å². The lowest BCUT2D eigenvalue weighted by molar-refractivity contribution is -0.149. The molecule has 0 fully saturated rings. The second kappa shape index (κ2) is 17.5. The molecular formula is C28H44O3. The van der Waals surface area contributed by atoms with Gasteiger partial charge in [-0.15, -0.1) is 6.58 Å². The lowest BCUT2D eigenvalue weighted by atomic mass is 9.95. The van der Waals surface area contributed by atoms with Crippen LogP contribution in [0, 0.1) is 5.92 Å². The Bertz CT molecular complexity index is 685. The van der Waals surface area contributed by atoms with Crippen LogP contribution < -0.4 is 0 Å². The minimum absolute atomic E-state index is 0.0734. The van der Waals surface area contributed by atoms with Gasteiger partial charge in [0.1, 0.15) is 11.7 Å². The van der Waals surface area contributed by atoms with Crippen LogP contribution in [-0.2, 0) is 14.3 Å². The molecule has 0 rings (SSSR count). The normalized spacial score (nSPS) is 13.5. The van der Waals surface area contributed by atoms with Gasteiger partial charge in [0.2, 0.25) is 0 Å². The van der Waals surface area contributed by atoms with Crippen LogP contribution in [0.1, 0.15) is 92.4 Å². The van der Waals surface area contributed by atoms with Crippen molar-refractivity contribution in [2.45, 2.75) is 92.4 Å². The topological polar surface area (TPSA) is 43.4 Å². The molecule has 0 aromatic heterocycles. The number of hydrogen-bond donors (Lipinski definition) is 0. The summed E-state index contributed by atoms with van der Waals surface area (Å²) in [7, 11) is 1.33. The Morgan fingerprint density at radius 1 is 0.742 bits per heavy atom. The third-order valence-electron chi connectivity index (χ3n) is 5.33. The van der Waals surface area contributed by atoms with E-state index in [0.29, 0.717) is 19.3 Å². The number of hydrogen-bond acceptors (Lipinski definition) is 3. The molecule has 0 saturated heterocycles. The van der Waals surface area contributed by atoms with Gasteiger partial charge in [0.05, 0.1) is 7.11 Å². The molecule has 0 amide bonds. The van der Waals surface area contributed by atoms with Crippen LogP contribution >= 0.6 is 0 Å². The van der Waals surface area contributed by atoms with Gasteiger partial charge in [-0.25, -0.2) is 0 Å². The summed E-state index contributed by atoms with van der Waals surface area (Å²) < 4.78 is 4.81. The smallest absolute Gasteiger partial charge is 0.316 e. The number of allylic oxidation sites excluding steroid dienone is 9. The van der Waals surface area contributed by atoms with E-state index in [-0.39, 0.29) is 5.78 Å². The first-order valence-corrected chi connectivity index (χ1v) is 11.5. The molecule has 0 heterocycles. The van der Waals surface area contributed by atoms with Crippen molar-refractivity contribution in [2.24, 2.45) is 5.92 Å². The van der Waals surface area contributed by atoms with Crippen LogP contribution in [0.25, 0.3) is 0 Å². The van der Waals surface area contributed by atoms with Crippen molar-refractivity contribution in [3.8, 4) is 0 Å². The highest BCUT2D eigenvalue weighted by Crippen LogP contribution is 2.17. The van der Waals surface area contributed by atoms with E-state index in [9.17, 15) is 9.59 Å². The Kier molecular flexibility index (Phi) is 16.3. The average Bonchev–Trinajstić information content (AvgIpc) is 2.71. The number of rotatable bonds is 16.